The van der Waals surface area contributed by atoms with Crippen LogP contribution < -0.4 is 5.32 Å². The Morgan fingerprint density at radius 3 is 3.14 bits per heavy atom. The number of nitrogens with one attached hydrogen (secondary N) is 1. The molecule has 2 heteroatoms. The fourth-order valence-electron chi connectivity index (χ4n) is 2.06. The molecule has 0 spiro atoms. The summed E-state index contributed by atoms with van der Waals surface area (Å²) in [7, 11) is 0. The maximum absolute atomic E-state index is 13.5. The van der Waals surface area contributed by atoms with Crippen LogP contribution in [0.4, 0.5) is 4.39 Å². The van der Waals surface area contributed by atoms with Gasteiger partial charge < -0.3 is 5.32 Å². The first-order chi connectivity index (χ1) is 6.81. The van der Waals surface area contributed by atoms with Gasteiger partial charge in [0.25, 0.3) is 0 Å². The summed E-state index contributed by atoms with van der Waals surface area (Å²) in [6, 6.07) is 5.38. The molecule has 0 amide bonds. The van der Waals surface area contributed by atoms with Crippen molar-refractivity contribution in [3.8, 4) is 0 Å². The van der Waals surface area contributed by atoms with Gasteiger partial charge in [-0.25, -0.2) is 4.39 Å². The highest BCUT2D eigenvalue weighted by molar-refractivity contribution is 5.30. The molecule has 76 valence electrons. The van der Waals surface area contributed by atoms with Crippen molar-refractivity contribution in [2.24, 2.45) is 5.92 Å². The van der Waals surface area contributed by atoms with E-state index in [1.54, 1.807) is 12.1 Å². The van der Waals surface area contributed by atoms with E-state index in [1.165, 1.54) is 0 Å². The third-order valence-electron chi connectivity index (χ3n) is 3.03. The third-order valence-corrected chi connectivity index (χ3v) is 3.03. The average Bonchev–Trinajstić information content (AvgIpc) is 2.40. The van der Waals surface area contributed by atoms with Gasteiger partial charge in [0.1, 0.15) is 5.82 Å². The second-order valence-corrected chi connectivity index (χ2v) is 3.99. The minimum atomic E-state index is -0.0374. The normalized spacial score (nSPS) is 21.4. The van der Waals surface area contributed by atoms with Gasteiger partial charge in [-0.15, -0.1) is 0 Å². The monoisotopic (exact) mass is 193 g/mol. The summed E-state index contributed by atoms with van der Waals surface area (Å²) in [5, 5.41) is 3.36. The molecule has 1 aliphatic heterocycles. The number of hydrogen-bond acceptors (Lipinski definition) is 1. The van der Waals surface area contributed by atoms with E-state index in [4.69, 9.17) is 0 Å². The van der Waals surface area contributed by atoms with E-state index in [0.717, 1.165) is 37.1 Å². The fourth-order valence-corrected chi connectivity index (χ4v) is 2.06. The standard InChI is InChI=1S/C12H16FN/c1-2-9-6-11-10(8-14-7-9)4-3-5-12(11)13/h3-5,9,14H,2,6-8H2,1H3. The minimum absolute atomic E-state index is 0.0374. The molecular weight excluding hydrogens is 177 g/mol. The second-order valence-electron chi connectivity index (χ2n) is 3.99. The lowest BCUT2D eigenvalue weighted by Gasteiger charge is -2.11. The third kappa shape index (κ3) is 1.80. The van der Waals surface area contributed by atoms with Gasteiger partial charge in [0.2, 0.25) is 0 Å². The number of fused-ring (bicyclic) bond motifs is 1. The minimum Gasteiger partial charge on any atom is -0.312 e. The molecule has 0 radical (unpaired) electrons. The molecule has 0 saturated carbocycles. The topological polar surface area (TPSA) is 12.0 Å². The highest BCUT2D eigenvalue weighted by Crippen LogP contribution is 2.21. The van der Waals surface area contributed by atoms with Crippen molar-refractivity contribution >= 4 is 0 Å². The molecule has 0 aromatic heterocycles. The molecule has 0 fully saturated rings. The maximum Gasteiger partial charge on any atom is 0.126 e. The van der Waals surface area contributed by atoms with Gasteiger partial charge in [-0.1, -0.05) is 25.5 Å². The van der Waals surface area contributed by atoms with Gasteiger partial charge in [-0.05, 0) is 36.1 Å². The second kappa shape index (κ2) is 4.09. The van der Waals surface area contributed by atoms with Gasteiger partial charge in [-0.3, -0.25) is 0 Å². The molecule has 0 aliphatic carbocycles. The largest absolute Gasteiger partial charge is 0.312 e. The van der Waals surface area contributed by atoms with Gasteiger partial charge in [-0.2, -0.15) is 0 Å². The van der Waals surface area contributed by atoms with E-state index in [1.807, 2.05) is 6.07 Å². The Morgan fingerprint density at radius 1 is 1.50 bits per heavy atom. The Balaban J connectivity index is 2.33. The highest BCUT2D eigenvalue weighted by atomic mass is 19.1. The molecule has 14 heavy (non-hydrogen) atoms. The van der Waals surface area contributed by atoms with E-state index in [0.29, 0.717) is 5.92 Å². The molecular formula is C12H16FN. The SMILES string of the molecule is CCC1CNCc2cccc(F)c2C1. The number of rotatable bonds is 1. The summed E-state index contributed by atoms with van der Waals surface area (Å²) < 4.78 is 13.5. The van der Waals surface area contributed by atoms with Gasteiger partial charge in [0.05, 0.1) is 0 Å². The van der Waals surface area contributed by atoms with Crippen molar-refractivity contribution in [3.63, 3.8) is 0 Å². The molecule has 1 atom stereocenters. The molecule has 2 rings (SSSR count). The van der Waals surface area contributed by atoms with Crippen LogP contribution in [0.5, 0.6) is 0 Å². The molecule has 1 N–H and O–H groups in total. The molecule has 1 aromatic rings. The zero-order valence-electron chi connectivity index (χ0n) is 8.52. The summed E-state index contributed by atoms with van der Waals surface area (Å²) >= 11 is 0. The lowest BCUT2D eigenvalue weighted by Crippen LogP contribution is -2.19. The average molecular weight is 193 g/mol. The van der Waals surface area contributed by atoms with Crippen LogP contribution in [-0.2, 0) is 13.0 Å². The van der Waals surface area contributed by atoms with Crippen LogP contribution in [-0.4, -0.2) is 6.54 Å². The summed E-state index contributed by atoms with van der Waals surface area (Å²) in [5.41, 5.74) is 2.05. The quantitative estimate of drug-likeness (QED) is 0.722. The van der Waals surface area contributed by atoms with E-state index < -0.39 is 0 Å². The van der Waals surface area contributed by atoms with E-state index in [-0.39, 0.29) is 5.82 Å². The van der Waals surface area contributed by atoms with Crippen LogP contribution in [0, 0.1) is 11.7 Å². The Bertz CT molecular complexity index is 322. The van der Waals surface area contributed by atoms with E-state index >= 15 is 0 Å². The van der Waals surface area contributed by atoms with Crippen molar-refractivity contribution in [3.05, 3.63) is 35.1 Å². The Morgan fingerprint density at radius 2 is 2.36 bits per heavy atom. The molecule has 1 aromatic carbocycles. The molecule has 0 saturated heterocycles. The summed E-state index contributed by atoms with van der Waals surface area (Å²) in [6.45, 7) is 3.98. The van der Waals surface area contributed by atoms with Crippen LogP contribution in [0.25, 0.3) is 0 Å². The Labute approximate surface area is 84.3 Å². The Kier molecular flexibility index (Phi) is 2.82. The van der Waals surface area contributed by atoms with Gasteiger partial charge in [0, 0.05) is 6.54 Å². The zero-order valence-corrected chi connectivity index (χ0v) is 8.52. The summed E-state index contributed by atoms with van der Waals surface area (Å²) in [4.78, 5) is 0. The maximum atomic E-state index is 13.5. The lowest BCUT2D eigenvalue weighted by molar-refractivity contribution is 0.470. The van der Waals surface area contributed by atoms with E-state index in [9.17, 15) is 4.39 Å². The first-order valence-electron chi connectivity index (χ1n) is 5.28. The molecule has 1 unspecified atom stereocenters. The zero-order chi connectivity index (χ0) is 9.97. The first kappa shape index (κ1) is 9.66. The predicted molar refractivity (Wildman–Crippen MR) is 55.6 cm³/mol. The van der Waals surface area contributed by atoms with Crippen LogP contribution in [0.2, 0.25) is 0 Å². The summed E-state index contributed by atoms with van der Waals surface area (Å²) in [6.07, 6.45) is 1.99. The highest BCUT2D eigenvalue weighted by Gasteiger charge is 2.17. The lowest BCUT2D eigenvalue weighted by atomic mass is 9.95. The van der Waals surface area contributed by atoms with Crippen molar-refractivity contribution in [1.29, 1.82) is 0 Å². The Hall–Kier alpha value is -0.890. The molecule has 1 aliphatic rings. The van der Waals surface area contributed by atoms with E-state index in [2.05, 4.69) is 12.2 Å². The van der Waals surface area contributed by atoms with Crippen molar-refractivity contribution in [2.75, 3.05) is 6.54 Å². The number of hydrogen-bond donors (Lipinski definition) is 1. The fraction of sp³-hybridized carbons (Fsp3) is 0.500. The number of halogens is 1. The smallest absolute Gasteiger partial charge is 0.126 e. The van der Waals surface area contributed by atoms with Crippen LogP contribution in [0.1, 0.15) is 24.5 Å². The van der Waals surface area contributed by atoms with Crippen molar-refractivity contribution < 1.29 is 4.39 Å². The molecule has 0 bridgehead atoms. The van der Waals surface area contributed by atoms with Crippen molar-refractivity contribution in [1.82, 2.24) is 5.32 Å². The van der Waals surface area contributed by atoms with Gasteiger partial charge >= 0.3 is 0 Å². The first-order valence-corrected chi connectivity index (χ1v) is 5.28. The van der Waals surface area contributed by atoms with Crippen LogP contribution >= 0.6 is 0 Å². The van der Waals surface area contributed by atoms with Gasteiger partial charge in [0.15, 0.2) is 0 Å². The molecule has 1 nitrogen and oxygen atoms in total. The van der Waals surface area contributed by atoms with Crippen LogP contribution in [0.3, 0.4) is 0 Å². The molecule has 1 heterocycles. The van der Waals surface area contributed by atoms with Crippen molar-refractivity contribution in [2.45, 2.75) is 26.3 Å². The number of benzene rings is 1. The predicted octanol–water partition coefficient (Wildman–Crippen LogP) is 2.50. The van der Waals surface area contributed by atoms with Crippen LogP contribution in [0.15, 0.2) is 18.2 Å². The summed E-state index contributed by atoms with van der Waals surface area (Å²) in [5.74, 6) is 0.540.